The molecule has 0 bridgehead atoms. The molecule has 0 fully saturated rings. The van der Waals surface area contributed by atoms with Gasteiger partial charge in [-0.15, -0.1) is 0 Å². The minimum Gasteiger partial charge on any atom is -0.484 e. The van der Waals surface area contributed by atoms with Crippen molar-refractivity contribution in [1.82, 2.24) is 4.98 Å². The van der Waals surface area contributed by atoms with Crippen LogP contribution in [0.3, 0.4) is 0 Å². The highest BCUT2D eigenvalue weighted by Crippen LogP contribution is 2.17. The van der Waals surface area contributed by atoms with Gasteiger partial charge in [0.1, 0.15) is 12.0 Å². The molecule has 15 heavy (non-hydrogen) atoms. The summed E-state index contributed by atoms with van der Waals surface area (Å²) in [6.07, 6.45) is 1.62. The molecule has 0 amide bonds. The van der Waals surface area contributed by atoms with Crippen molar-refractivity contribution in [2.24, 2.45) is 0 Å². The van der Waals surface area contributed by atoms with Crippen LogP contribution < -0.4 is 4.74 Å². The second kappa shape index (κ2) is 4.17. The van der Waals surface area contributed by atoms with Crippen LogP contribution in [0.1, 0.15) is 17.1 Å². The van der Waals surface area contributed by atoms with Crippen molar-refractivity contribution in [3.8, 4) is 5.75 Å². The summed E-state index contributed by atoms with van der Waals surface area (Å²) >= 11 is 0. The number of ether oxygens (including phenoxy) is 1. The van der Waals surface area contributed by atoms with Gasteiger partial charge >= 0.3 is 0 Å². The second-order valence-electron chi connectivity index (χ2n) is 3.44. The van der Waals surface area contributed by atoms with E-state index in [1.165, 1.54) is 0 Å². The van der Waals surface area contributed by atoms with Crippen LogP contribution in [-0.2, 0) is 6.61 Å². The number of nitrogens with zero attached hydrogens (tertiary/aromatic N) is 1. The first-order valence-corrected chi connectivity index (χ1v) is 4.85. The molecule has 3 heteroatoms. The zero-order valence-corrected chi connectivity index (χ0v) is 8.86. The first-order valence-electron chi connectivity index (χ1n) is 4.85. The fourth-order valence-corrected chi connectivity index (χ4v) is 1.33. The van der Waals surface area contributed by atoms with Gasteiger partial charge < -0.3 is 9.15 Å². The van der Waals surface area contributed by atoms with E-state index in [0.29, 0.717) is 12.5 Å². The summed E-state index contributed by atoms with van der Waals surface area (Å²) in [6, 6.07) is 7.88. The molecule has 0 spiro atoms. The molecule has 2 rings (SSSR count). The summed E-state index contributed by atoms with van der Waals surface area (Å²) in [5, 5.41) is 0. The lowest BCUT2D eigenvalue weighted by molar-refractivity contribution is 0.261. The molecule has 78 valence electrons. The molecule has 0 unspecified atom stereocenters. The first kappa shape index (κ1) is 9.77. The summed E-state index contributed by atoms with van der Waals surface area (Å²) in [6.45, 7) is 4.27. The second-order valence-corrected chi connectivity index (χ2v) is 3.44. The largest absolute Gasteiger partial charge is 0.484 e. The molecule has 1 heterocycles. The van der Waals surface area contributed by atoms with Crippen molar-refractivity contribution in [3.05, 3.63) is 47.7 Å². The van der Waals surface area contributed by atoms with Gasteiger partial charge in [0, 0.05) is 0 Å². The normalized spacial score (nSPS) is 10.3. The van der Waals surface area contributed by atoms with Gasteiger partial charge in [0.15, 0.2) is 6.61 Å². The van der Waals surface area contributed by atoms with E-state index in [1.807, 2.05) is 38.1 Å². The highest BCUT2D eigenvalue weighted by atomic mass is 16.5. The summed E-state index contributed by atoms with van der Waals surface area (Å²) in [4.78, 5) is 4.16. The van der Waals surface area contributed by atoms with Crippen LogP contribution in [0.2, 0.25) is 0 Å². The average molecular weight is 203 g/mol. The Morgan fingerprint density at radius 2 is 2.07 bits per heavy atom. The van der Waals surface area contributed by atoms with Gasteiger partial charge in [0.25, 0.3) is 0 Å². The molecule has 0 aliphatic carbocycles. The zero-order valence-electron chi connectivity index (χ0n) is 8.86. The predicted molar refractivity (Wildman–Crippen MR) is 56.8 cm³/mol. The number of hydrogen-bond donors (Lipinski definition) is 0. The topological polar surface area (TPSA) is 35.3 Å². The number of oxazole rings is 1. The van der Waals surface area contributed by atoms with Gasteiger partial charge in [-0.3, -0.25) is 0 Å². The summed E-state index contributed by atoms with van der Waals surface area (Å²) < 4.78 is 10.8. The molecule has 0 radical (unpaired) electrons. The summed E-state index contributed by atoms with van der Waals surface area (Å²) in [5.74, 6) is 1.48. The van der Waals surface area contributed by atoms with Crippen LogP contribution in [0.15, 0.2) is 34.9 Å². The maximum atomic E-state index is 5.58. The van der Waals surface area contributed by atoms with E-state index in [2.05, 4.69) is 4.98 Å². The molecular formula is C12H13NO2. The van der Waals surface area contributed by atoms with Crippen molar-refractivity contribution in [2.75, 3.05) is 0 Å². The van der Waals surface area contributed by atoms with E-state index in [-0.39, 0.29) is 0 Å². The Morgan fingerprint density at radius 3 is 2.73 bits per heavy atom. The smallest absolute Gasteiger partial charge is 0.232 e. The van der Waals surface area contributed by atoms with Crippen LogP contribution in [-0.4, -0.2) is 4.98 Å². The zero-order chi connectivity index (χ0) is 10.7. The van der Waals surface area contributed by atoms with Crippen molar-refractivity contribution in [3.63, 3.8) is 0 Å². The molecular weight excluding hydrogens is 190 g/mol. The van der Waals surface area contributed by atoms with Crippen LogP contribution in [0, 0.1) is 13.8 Å². The van der Waals surface area contributed by atoms with E-state index >= 15 is 0 Å². The third kappa shape index (κ3) is 2.37. The number of hydrogen-bond acceptors (Lipinski definition) is 3. The van der Waals surface area contributed by atoms with Crippen molar-refractivity contribution < 1.29 is 9.15 Å². The standard InChI is InChI=1S/C12H13NO2/c1-9-5-3-4-6-11(9)14-8-12-13-10(2)7-15-12/h3-7H,8H2,1-2H3. The quantitative estimate of drug-likeness (QED) is 0.769. The maximum Gasteiger partial charge on any atom is 0.232 e. The first-order chi connectivity index (χ1) is 7.25. The fraction of sp³-hybridized carbons (Fsp3) is 0.250. The number of aryl methyl sites for hydroxylation is 2. The van der Waals surface area contributed by atoms with Crippen LogP contribution >= 0.6 is 0 Å². The average Bonchev–Trinajstić information content (AvgIpc) is 2.63. The highest BCUT2D eigenvalue weighted by molar-refractivity contribution is 5.31. The van der Waals surface area contributed by atoms with Crippen LogP contribution in [0.25, 0.3) is 0 Å². The Balaban J connectivity index is 2.02. The van der Waals surface area contributed by atoms with Crippen LogP contribution in [0.5, 0.6) is 5.75 Å². The molecule has 0 saturated carbocycles. The van der Waals surface area contributed by atoms with E-state index in [1.54, 1.807) is 6.26 Å². The fourth-order valence-electron chi connectivity index (χ4n) is 1.33. The number of aromatic nitrogens is 1. The summed E-state index contributed by atoms with van der Waals surface area (Å²) in [5.41, 5.74) is 1.99. The lowest BCUT2D eigenvalue weighted by Gasteiger charge is -2.05. The lowest BCUT2D eigenvalue weighted by Crippen LogP contribution is -1.97. The number of para-hydroxylation sites is 1. The Kier molecular flexibility index (Phi) is 2.72. The Morgan fingerprint density at radius 1 is 1.27 bits per heavy atom. The molecule has 0 saturated heterocycles. The van der Waals surface area contributed by atoms with Crippen molar-refractivity contribution >= 4 is 0 Å². The number of benzene rings is 1. The van der Waals surface area contributed by atoms with Gasteiger partial charge in [0.2, 0.25) is 5.89 Å². The molecule has 1 aromatic carbocycles. The third-order valence-electron chi connectivity index (χ3n) is 2.11. The number of rotatable bonds is 3. The van der Waals surface area contributed by atoms with E-state index in [9.17, 15) is 0 Å². The molecule has 0 aliphatic heterocycles. The van der Waals surface area contributed by atoms with Gasteiger partial charge in [-0.25, -0.2) is 4.98 Å². The Labute approximate surface area is 88.7 Å². The molecule has 3 nitrogen and oxygen atoms in total. The van der Waals surface area contributed by atoms with E-state index in [0.717, 1.165) is 17.0 Å². The molecule has 2 aromatic rings. The minimum absolute atomic E-state index is 0.374. The predicted octanol–water partition coefficient (Wildman–Crippen LogP) is 2.87. The Bertz CT molecular complexity index is 448. The van der Waals surface area contributed by atoms with E-state index in [4.69, 9.17) is 9.15 Å². The molecule has 1 aromatic heterocycles. The van der Waals surface area contributed by atoms with Crippen LogP contribution in [0.4, 0.5) is 0 Å². The lowest BCUT2D eigenvalue weighted by atomic mass is 10.2. The maximum absolute atomic E-state index is 5.58. The SMILES string of the molecule is Cc1coc(COc2ccccc2C)n1. The van der Waals surface area contributed by atoms with Gasteiger partial charge in [0.05, 0.1) is 5.69 Å². The van der Waals surface area contributed by atoms with Gasteiger partial charge in [-0.1, -0.05) is 18.2 Å². The van der Waals surface area contributed by atoms with Crippen molar-refractivity contribution in [1.29, 1.82) is 0 Å². The highest BCUT2D eigenvalue weighted by Gasteiger charge is 2.02. The third-order valence-corrected chi connectivity index (χ3v) is 2.11. The molecule has 0 atom stereocenters. The molecule has 0 aliphatic rings. The summed E-state index contributed by atoms with van der Waals surface area (Å²) in [7, 11) is 0. The van der Waals surface area contributed by atoms with Gasteiger partial charge in [-0.2, -0.15) is 0 Å². The van der Waals surface area contributed by atoms with Gasteiger partial charge in [-0.05, 0) is 25.5 Å². The Hall–Kier alpha value is -1.77. The molecule has 0 N–H and O–H groups in total. The monoisotopic (exact) mass is 203 g/mol. The van der Waals surface area contributed by atoms with E-state index < -0.39 is 0 Å². The van der Waals surface area contributed by atoms with Crippen molar-refractivity contribution in [2.45, 2.75) is 20.5 Å². The minimum atomic E-state index is 0.374.